The fourth-order valence-corrected chi connectivity index (χ4v) is 3.91. The molecule has 1 N–H and O–H groups in total. The van der Waals surface area contributed by atoms with Crippen molar-refractivity contribution in [1.82, 2.24) is 9.80 Å². The molecule has 0 atom stereocenters. The molecule has 0 radical (unpaired) electrons. The Kier molecular flexibility index (Phi) is 6.17. The first-order valence-corrected chi connectivity index (χ1v) is 10.0. The van der Waals surface area contributed by atoms with Gasteiger partial charge < -0.3 is 10.2 Å². The molecule has 3 rings (SSSR count). The maximum atomic E-state index is 12.7. The first-order valence-electron chi connectivity index (χ1n) is 10.0. The van der Waals surface area contributed by atoms with Crippen molar-refractivity contribution in [3.63, 3.8) is 0 Å². The molecule has 2 aliphatic rings. The minimum Gasteiger partial charge on any atom is -0.323 e. The third kappa shape index (κ3) is 5.08. The zero-order valence-corrected chi connectivity index (χ0v) is 16.8. The Morgan fingerprint density at radius 1 is 1.04 bits per heavy atom. The molecule has 1 aromatic carbocycles. The number of para-hydroxylation sites is 2. The largest absolute Gasteiger partial charge is 0.323 e. The number of benzene rings is 1. The Morgan fingerprint density at radius 3 is 2.52 bits per heavy atom. The van der Waals surface area contributed by atoms with E-state index in [2.05, 4.69) is 35.9 Å². The lowest BCUT2D eigenvalue weighted by molar-refractivity contribution is -0.118. The van der Waals surface area contributed by atoms with E-state index in [9.17, 15) is 9.59 Å². The Morgan fingerprint density at radius 2 is 1.81 bits per heavy atom. The maximum Gasteiger partial charge on any atom is 0.238 e. The van der Waals surface area contributed by atoms with Crippen molar-refractivity contribution in [2.24, 2.45) is 0 Å². The van der Waals surface area contributed by atoms with E-state index in [1.54, 1.807) is 4.90 Å². The number of hydrogen-bond donors (Lipinski definition) is 1. The van der Waals surface area contributed by atoms with Crippen LogP contribution in [0.3, 0.4) is 0 Å². The highest BCUT2D eigenvalue weighted by Crippen LogP contribution is 2.29. The zero-order chi connectivity index (χ0) is 19.4. The van der Waals surface area contributed by atoms with Gasteiger partial charge in [0.05, 0.1) is 17.9 Å². The molecule has 1 aromatic rings. The summed E-state index contributed by atoms with van der Waals surface area (Å²) in [6, 6.07) is 7.59. The van der Waals surface area contributed by atoms with Gasteiger partial charge in [0.25, 0.3) is 0 Å². The molecule has 0 unspecified atom stereocenters. The van der Waals surface area contributed by atoms with Crippen LogP contribution in [0.1, 0.15) is 40.0 Å². The lowest BCUT2D eigenvalue weighted by Gasteiger charge is -2.34. The van der Waals surface area contributed by atoms with Crippen LogP contribution in [0.4, 0.5) is 11.4 Å². The van der Waals surface area contributed by atoms with E-state index in [1.807, 2.05) is 24.3 Å². The Balaban J connectivity index is 1.59. The molecule has 2 fully saturated rings. The molecule has 2 saturated heterocycles. The van der Waals surface area contributed by atoms with Crippen molar-refractivity contribution in [2.45, 2.75) is 45.6 Å². The molecule has 6 heteroatoms. The van der Waals surface area contributed by atoms with Gasteiger partial charge in [-0.2, -0.15) is 0 Å². The van der Waals surface area contributed by atoms with Gasteiger partial charge in [0.15, 0.2) is 0 Å². The number of hydrogen-bond acceptors (Lipinski definition) is 4. The number of rotatable bonds is 4. The minimum atomic E-state index is -0.0155. The van der Waals surface area contributed by atoms with Gasteiger partial charge in [-0.25, -0.2) is 0 Å². The normalized spacial score (nSPS) is 20.0. The number of carbonyl (C=O) groups is 2. The van der Waals surface area contributed by atoms with E-state index in [4.69, 9.17) is 0 Å². The fourth-order valence-electron chi connectivity index (χ4n) is 3.91. The molecule has 6 nitrogen and oxygen atoms in total. The number of carbonyl (C=O) groups excluding carboxylic acids is 2. The zero-order valence-electron chi connectivity index (χ0n) is 16.8. The molecule has 27 heavy (non-hydrogen) atoms. The summed E-state index contributed by atoms with van der Waals surface area (Å²) in [6.45, 7) is 11.7. The van der Waals surface area contributed by atoms with Crippen LogP contribution in [-0.4, -0.2) is 66.4 Å². The Labute approximate surface area is 162 Å². The predicted molar refractivity (Wildman–Crippen MR) is 109 cm³/mol. The third-order valence-corrected chi connectivity index (χ3v) is 5.45. The van der Waals surface area contributed by atoms with E-state index in [-0.39, 0.29) is 17.4 Å². The lowest BCUT2D eigenvalue weighted by atomic mass is 10.1. The monoisotopic (exact) mass is 372 g/mol. The van der Waals surface area contributed by atoms with Gasteiger partial charge in [0.1, 0.15) is 0 Å². The first kappa shape index (κ1) is 19.8. The van der Waals surface area contributed by atoms with Gasteiger partial charge >= 0.3 is 0 Å². The standard InChI is InChI=1S/C21H32N4O2/c1-21(2,3)24-12-7-11-23(14-15-24)16-19(26)22-17-8-4-5-9-18(17)25-13-6-10-20(25)27/h4-5,8-9H,6-7,10-16H2,1-3H3,(H,22,26). The van der Waals surface area contributed by atoms with E-state index in [0.29, 0.717) is 13.0 Å². The highest BCUT2D eigenvalue weighted by molar-refractivity contribution is 6.02. The van der Waals surface area contributed by atoms with Crippen LogP contribution in [-0.2, 0) is 9.59 Å². The van der Waals surface area contributed by atoms with Gasteiger partial charge in [-0.05, 0) is 58.8 Å². The van der Waals surface area contributed by atoms with Gasteiger partial charge in [0.2, 0.25) is 11.8 Å². The molecule has 2 aliphatic heterocycles. The summed E-state index contributed by atoms with van der Waals surface area (Å²) in [6.07, 6.45) is 2.53. The summed E-state index contributed by atoms with van der Waals surface area (Å²) in [4.78, 5) is 31.2. The van der Waals surface area contributed by atoms with Gasteiger partial charge in [-0.15, -0.1) is 0 Å². The summed E-state index contributed by atoms with van der Waals surface area (Å²) in [5.41, 5.74) is 1.70. The first-order chi connectivity index (χ1) is 12.8. The molecule has 148 valence electrons. The van der Waals surface area contributed by atoms with Crippen molar-refractivity contribution >= 4 is 23.2 Å². The average Bonchev–Trinajstić information content (AvgIpc) is 2.88. The second kappa shape index (κ2) is 8.40. The second-order valence-electron chi connectivity index (χ2n) is 8.50. The van der Waals surface area contributed by atoms with Gasteiger partial charge in [-0.3, -0.25) is 19.4 Å². The molecule has 2 amide bonds. The van der Waals surface area contributed by atoms with Crippen LogP contribution in [0, 0.1) is 0 Å². The minimum absolute atomic E-state index is 0.0155. The van der Waals surface area contributed by atoms with Crippen molar-refractivity contribution in [2.75, 3.05) is 49.5 Å². The molecular weight excluding hydrogens is 340 g/mol. The van der Waals surface area contributed by atoms with Crippen molar-refractivity contribution < 1.29 is 9.59 Å². The highest BCUT2D eigenvalue weighted by atomic mass is 16.2. The Hall–Kier alpha value is -1.92. The van der Waals surface area contributed by atoms with Crippen LogP contribution in [0.15, 0.2) is 24.3 Å². The van der Waals surface area contributed by atoms with Crippen LogP contribution in [0.2, 0.25) is 0 Å². The van der Waals surface area contributed by atoms with Crippen LogP contribution < -0.4 is 10.2 Å². The quantitative estimate of drug-likeness (QED) is 0.883. The summed E-state index contributed by atoms with van der Waals surface area (Å²) in [5, 5.41) is 3.03. The average molecular weight is 373 g/mol. The molecular formula is C21H32N4O2. The van der Waals surface area contributed by atoms with E-state index in [1.165, 1.54) is 0 Å². The van der Waals surface area contributed by atoms with Crippen molar-refractivity contribution in [3.8, 4) is 0 Å². The molecule has 0 bridgehead atoms. The fraction of sp³-hybridized carbons (Fsp3) is 0.619. The summed E-state index contributed by atoms with van der Waals surface area (Å²) < 4.78 is 0. The third-order valence-electron chi connectivity index (χ3n) is 5.45. The van der Waals surface area contributed by atoms with Crippen molar-refractivity contribution in [1.29, 1.82) is 0 Å². The van der Waals surface area contributed by atoms with Crippen LogP contribution >= 0.6 is 0 Å². The Bertz CT molecular complexity index is 683. The SMILES string of the molecule is CC(C)(C)N1CCCN(CC(=O)Nc2ccccc2N2CCCC2=O)CC1. The number of nitrogens with one attached hydrogen (secondary N) is 1. The number of nitrogens with zero attached hydrogens (tertiary/aromatic N) is 3. The van der Waals surface area contributed by atoms with Gasteiger partial charge in [-0.1, -0.05) is 12.1 Å². The number of anilines is 2. The van der Waals surface area contributed by atoms with E-state index < -0.39 is 0 Å². The van der Waals surface area contributed by atoms with Crippen LogP contribution in [0.5, 0.6) is 0 Å². The molecule has 0 aromatic heterocycles. The predicted octanol–water partition coefficient (Wildman–Crippen LogP) is 2.56. The second-order valence-corrected chi connectivity index (χ2v) is 8.50. The molecule has 0 aliphatic carbocycles. The topological polar surface area (TPSA) is 55.9 Å². The molecule has 0 saturated carbocycles. The van der Waals surface area contributed by atoms with E-state index >= 15 is 0 Å². The lowest BCUT2D eigenvalue weighted by Crippen LogP contribution is -2.44. The van der Waals surface area contributed by atoms with Crippen LogP contribution in [0.25, 0.3) is 0 Å². The summed E-state index contributed by atoms with van der Waals surface area (Å²) in [5.74, 6) is 0.116. The van der Waals surface area contributed by atoms with Gasteiger partial charge in [0, 0.05) is 31.6 Å². The summed E-state index contributed by atoms with van der Waals surface area (Å²) in [7, 11) is 0. The van der Waals surface area contributed by atoms with E-state index in [0.717, 1.165) is 56.9 Å². The number of amides is 2. The highest BCUT2D eigenvalue weighted by Gasteiger charge is 2.26. The van der Waals surface area contributed by atoms with Crippen molar-refractivity contribution in [3.05, 3.63) is 24.3 Å². The smallest absolute Gasteiger partial charge is 0.238 e. The molecule has 2 heterocycles. The maximum absolute atomic E-state index is 12.7. The molecule has 0 spiro atoms. The summed E-state index contributed by atoms with van der Waals surface area (Å²) >= 11 is 0.